The second kappa shape index (κ2) is 5.09. The van der Waals surface area contributed by atoms with Gasteiger partial charge >= 0.3 is 0 Å². The van der Waals surface area contributed by atoms with Gasteiger partial charge in [-0.1, -0.05) is 6.92 Å². The van der Waals surface area contributed by atoms with E-state index in [0.29, 0.717) is 10.6 Å². The molecule has 6 heteroatoms. The summed E-state index contributed by atoms with van der Waals surface area (Å²) < 4.78 is 0. The van der Waals surface area contributed by atoms with Gasteiger partial charge in [-0.15, -0.1) is 11.3 Å². The van der Waals surface area contributed by atoms with Crippen molar-refractivity contribution in [2.24, 2.45) is 17.4 Å². The van der Waals surface area contributed by atoms with Crippen LogP contribution < -0.4 is 16.8 Å². The molecule has 5 nitrogen and oxygen atoms in total. The van der Waals surface area contributed by atoms with Gasteiger partial charge < -0.3 is 16.8 Å². The van der Waals surface area contributed by atoms with Crippen molar-refractivity contribution in [1.82, 2.24) is 0 Å². The van der Waals surface area contributed by atoms with Gasteiger partial charge in [0, 0.05) is 6.04 Å². The van der Waals surface area contributed by atoms with Gasteiger partial charge in [0.1, 0.15) is 5.00 Å². The Labute approximate surface area is 97.8 Å². The summed E-state index contributed by atoms with van der Waals surface area (Å²) >= 11 is 1.26. The molecule has 0 aliphatic carbocycles. The fourth-order valence-corrected chi connectivity index (χ4v) is 1.86. The third-order valence-corrected chi connectivity index (χ3v) is 3.20. The van der Waals surface area contributed by atoms with Crippen LogP contribution >= 0.6 is 11.3 Å². The van der Waals surface area contributed by atoms with Crippen LogP contribution in [0.4, 0.5) is 5.00 Å². The molecule has 0 spiro atoms. The first kappa shape index (κ1) is 12.7. The highest BCUT2D eigenvalue weighted by Crippen LogP contribution is 2.23. The molecule has 1 aromatic rings. The smallest absolute Gasteiger partial charge is 0.251 e. The van der Waals surface area contributed by atoms with Crippen molar-refractivity contribution < 1.29 is 9.59 Å². The summed E-state index contributed by atoms with van der Waals surface area (Å²) in [6.45, 7) is 3.49. The van der Waals surface area contributed by atoms with E-state index in [2.05, 4.69) is 5.32 Å². The van der Waals surface area contributed by atoms with Crippen molar-refractivity contribution in [3.8, 4) is 0 Å². The molecule has 1 rings (SSSR count). The minimum absolute atomic E-state index is 0.208. The zero-order chi connectivity index (χ0) is 12.3. The van der Waals surface area contributed by atoms with Gasteiger partial charge in [0.15, 0.2) is 0 Å². The first-order chi connectivity index (χ1) is 7.43. The lowest BCUT2D eigenvalue weighted by Crippen LogP contribution is -2.34. The van der Waals surface area contributed by atoms with Crippen molar-refractivity contribution in [2.45, 2.75) is 19.9 Å². The molecule has 0 aromatic carbocycles. The number of primary amides is 1. The van der Waals surface area contributed by atoms with E-state index >= 15 is 0 Å². The van der Waals surface area contributed by atoms with Gasteiger partial charge in [-0.3, -0.25) is 9.59 Å². The molecular formula is C10H15N3O2S. The standard InChI is InChI=1S/C10H15N3O2S/c1-5(6(2)11)9(15)13-10-7(8(12)14)3-4-16-10/h3-6H,11H2,1-2H3,(H2,12,14)(H,13,15). The first-order valence-corrected chi connectivity index (χ1v) is 5.75. The molecule has 1 heterocycles. The van der Waals surface area contributed by atoms with E-state index in [1.54, 1.807) is 25.3 Å². The van der Waals surface area contributed by atoms with E-state index in [1.807, 2.05) is 0 Å². The van der Waals surface area contributed by atoms with Crippen LogP contribution in [0.1, 0.15) is 24.2 Å². The number of carbonyl (C=O) groups is 2. The zero-order valence-electron chi connectivity index (χ0n) is 9.19. The lowest BCUT2D eigenvalue weighted by molar-refractivity contribution is -0.119. The van der Waals surface area contributed by atoms with Crippen LogP contribution in [0.5, 0.6) is 0 Å². The highest BCUT2D eigenvalue weighted by atomic mass is 32.1. The molecule has 0 saturated heterocycles. The molecule has 0 fully saturated rings. The van der Waals surface area contributed by atoms with Crippen LogP contribution in [0.15, 0.2) is 11.4 Å². The molecule has 0 aliphatic rings. The van der Waals surface area contributed by atoms with Gasteiger partial charge in [0.2, 0.25) is 5.91 Å². The monoisotopic (exact) mass is 241 g/mol. The Bertz CT molecular complexity index is 401. The Morgan fingerprint density at radius 1 is 1.44 bits per heavy atom. The summed E-state index contributed by atoms with van der Waals surface area (Å²) in [6, 6.07) is 1.34. The van der Waals surface area contributed by atoms with E-state index in [1.165, 1.54) is 11.3 Å². The van der Waals surface area contributed by atoms with Crippen molar-refractivity contribution in [3.05, 3.63) is 17.0 Å². The normalized spacial score (nSPS) is 14.2. The van der Waals surface area contributed by atoms with Crippen LogP contribution in [-0.2, 0) is 4.79 Å². The lowest BCUT2D eigenvalue weighted by atomic mass is 10.0. The molecule has 2 atom stereocenters. The van der Waals surface area contributed by atoms with Crippen LogP contribution in [0, 0.1) is 5.92 Å². The predicted octanol–water partition coefficient (Wildman–Crippen LogP) is 0.769. The average Bonchev–Trinajstić information content (AvgIpc) is 2.64. The highest BCUT2D eigenvalue weighted by molar-refractivity contribution is 7.14. The van der Waals surface area contributed by atoms with Gasteiger partial charge in [-0.2, -0.15) is 0 Å². The largest absolute Gasteiger partial charge is 0.366 e. The Morgan fingerprint density at radius 2 is 2.06 bits per heavy atom. The van der Waals surface area contributed by atoms with Gasteiger partial charge in [0.05, 0.1) is 11.5 Å². The second-order valence-electron chi connectivity index (χ2n) is 3.66. The molecule has 2 unspecified atom stereocenters. The predicted molar refractivity (Wildman–Crippen MR) is 64.3 cm³/mol. The zero-order valence-corrected chi connectivity index (χ0v) is 10.0. The maximum Gasteiger partial charge on any atom is 0.251 e. The first-order valence-electron chi connectivity index (χ1n) is 4.87. The quantitative estimate of drug-likeness (QED) is 0.726. The van der Waals surface area contributed by atoms with Gasteiger partial charge in [-0.05, 0) is 18.4 Å². The molecule has 0 bridgehead atoms. The third-order valence-electron chi connectivity index (χ3n) is 2.37. The summed E-state index contributed by atoms with van der Waals surface area (Å²) in [5.74, 6) is -1.08. The Kier molecular flexibility index (Phi) is 4.03. The van der Waals surface area contributed by atoms with Crippen molar-refractivity contribution in [1.29, 1.82) is 0 Å². The van der Waals surface area contributed by atoms with Crippen LogP contribution in [0.3, 0.4) is 0 Å². The Morgan fingerprint density at radius 3 is 2.56 bits per heavy atom. The molecule has 1 aromatic heterocycles. The fourth-order valence-electron chi connectivity index (χ4n) is 1.06. The van der Waals surface area contributed by atoms with Crippen LogP contribution in [-0.4, -0.2) is 17.9 Å². The Balaban J connectivity index is 2.77. The third kappa shape index (κ3) is 2.80. The molecule has 16 heavy (non-hydrogen) atoms. The molecule has 0 saturated carbocycles. The van der Waals surface area contributed by atoms with Crippen molar-refractivity contribution in [3.63, 3.8) is 0 Å². The molecular weight excluding hydrogens is 226 g/mol. The number of anilines is 1. The minimum Gasteiger partial charge on any atom is -0.366 e. The maximum atomic E-state index is 11.7. The van der Waals surface area contributed by atoms with E-state index in [4.69, 9.17) is 11.5 Å². The van der Waals surface area contributed by atoms with E-state index in [-0.39, 0.29) is 17.9 Å². The van der Waals surface area contributed by atoms with E-state index in [9.17, 15) is 9.59 Å². The van der Waals surface area contributed by atoms with Gasteiger partial charge in [0.25, 0.3) is 5.91 Å². The lowest BCUT2D eigenvalue weighted by Gasteiger charge is -2.14. The molecule has 5 N–H and O–H groups in total. The van der Waals surface area contributed by atoms with E-state index in [0.717, 1.165) is 0 Å². The number of rotatable bonds is 4. The number of nitrogens with one attached hydrogen (secondary N) is 1. The topological polar surface area (TPSA) is 98.2 Å². The molecule has 2 amide bonds. The summed E-state index contributed by atoms with van der Waals surface area (Å²) in [6.07, 6.45) is 0. The van der Waals surface area contributed by atoms with Crippen molar-refractivity contribution >= 4 is 28.2 Å². The SMILES string of the molecule is CC(N)C(C)C(=O)Nc1sccc1C(N)=O. The van der Waals surface area contributed by atoms with E-state index < -0.39 is 5.91 Å². The molecule has 0 aliphatic heterocycles. The number of amides is 2. The van der Waals surface area contributed by atoms with Crippen LogP contribution in [0.2, 0.25) is 0 Å². The average molecular weight is 241 g/mol. The Hall–Kier alpha value is -1.40. The maximum absolute atomic E-state index is 11.7. The summed E-state index contributed by atoms with van der Waals surface area (Å²) in [5.41, 5.74) is 11.1. The second-order valence-corrected chi connectivity index (χ2v) is 4.58. The number of hydrogen-bond acceptors (Lipinski definition) is 4. The fraction of sp³-hybridized carbons (Fsp3) is 0.400. The summed E-state index contributed by atoms with van der Waals surface area (Å²) in [7, 11) is 0. The summed E-state index contributed by atoms with van der Waals surface area (Å²) in [4.78, 5) is 22.7. The summed E-state index contributed by atoms with van der Waals surface area (Å²) in [5, 5.41) is 4.83. The molecule has 0 radical (unpaired) electrons. The highest BCUT2D eigenvalue weighted by Gasteiger charge is 2.19. The van der Waals surface area contributed by atoms with Crippen molar-refractivity contribution in [2.75, 3.05) is 5.32 Å². The number of nitrogens with two attached hydrogens (primary N) is 2. The number of thiophene rings is 1. The molecule has 88 valence electrons. The number of carbonyl (C=O) groups excluding carboxylic acids is 2. The minimum atomic E-state index is -0.551. The van der Waals surface area contributed by atoms with Gasteiger partial charge in [-0.25, -0.2) is 0 Å². The number of hydrogen-bond donors (Lipinski definition) is 3. The van der Waals surface area contributed by atoms with Crippen LogP contribution in [0.25, 0.3) is 0 Å².